The van der Waals surface area contributed by atoms with Gasteiger partial charge in [-0.3, -0.25) is 0 Å². The zero-order chi connectivity index (χ0) is 30.0. The maximum absolute atomic E-state index is 12.5. The molecule has 236 valence electrons. The first-order valence-corrected chi connectivity index (χ1v) is 17.8. The van der Waals surface area contributed by atoms with Crippen LogP contribution in [0, 0.1) is 0 Å². The zero-order valence-corrected chi connectivity index (χ0v) is 30.5. The molecule has 0 aliphatic heterocycles. The normalized spacial score (nSPS) is 11.2. The molecule has 0 N–H and O–H groups in total. The average molecular weight is 635 g/mol. The predicted octanol–water partition coefficient (Wildman–Crippen LogP) is 5.76. The Kier molecular flexibility index (Phi) is 28.0. The summed E-state index contributed by atoms with van der Waals surface area (Å²) >= 11 is 0. The SMILES string of the molecule is CCCCCCCCCCCCCCCCCCCCCCOC(=O)c1ccccc1C(=O)OCCCS(=O)(=O)[O-].[K+]. The van der Waals surface area contributed by atoms with Gasteiger partial charge in [-0.25, -0.2) is 18.0 Å². The molecule has 0 fully saturated rings. The van der Waals surface area contributed by atoms with Crippen LogP contribution in [0.1, 0.15) is 162 Å². The molecule has 0 unspecified atom stereocenters. The van der Waals surface area contributed by atoms with Crippen molar-refractivity contribution >= 4 is 22.1 Å². The van der Waals surface area contributed by atoms with Gasteiger partial charge < -0.3 is 14.0 Å². The van der Waals surface area contributed by atoms with Crippen molar-refractivity contribution in [1.29, 1.82) is 0 Å². The van der Waals surface area contributed by atoms with Gasteiger partial charge in [0, 0.05) is 5.75 Å². The molecule has 7 nitrogen and oxygen atoms in total. The van der Waals surface area contributed by atoms with Crippen molar-refractivity contribution in [3.8, 4) is 0 Å². The van der Waals surface area contributed by atoms with Crippen LogP contribution in [0.3, 0.4) is 0 Å². The third-order valence-corrected chi connectivity index (χ3v) is 8.16. The molecule has 0 saturated carbocycles. The van der Waals surface area contributed by atoms with Gasteiger partial charge >= 0.3 is 63.3 Å². The minimum atomic E-state index is -4.36. The van der Waals surface area contributed by atoms with E-state index in [1.165, 1.54) is 121 Å². The summed E-state index contributed by atoms with van der Waals surface area (Å²) in [5.74, 6) is -1.94. The summed E-state index contributed by atoms with van der Waals surface area (Å²) in [5.41, 5.74) is 0.174. The fourth-order valence-electron chi connectivity index (χ4n) is 4.92. The summed E-state index contributed by atoms with van der Waals surface area (Å²) < 4.78 is 42.3. The Hall–Kier alpha value is -0.294. The Bertz CT molecular complexity index is 921. The first-order chi connectivity index (χ1) is 19.8. The number of benzene rings is 1. The van der Waals surface area contributed by atoms with Crippen LogP contribution in [0.15, 0.2) is 24.3 Å². The largest absolute Gasteiger partial charge is 1.00 e. The molecule has 0 amide bonds. The second-order valence-corrected chi connectivity index (χ2v) is 12.7. The molecule has 1 rings (SSSR count). The van der Waals surface area contributed by atoms with E-state index in [2.05, 4.69) is 6.92 Å². The minimum Gasteiger partial charge on any atom is -0.748 e. The Balaban J connectivity index is 0.0000168. The van der Waals surface area contributed by atoms with Crippen molar-refractivity contribution in [3.05, 3.63) is 35.4 Å². The van der Waals surface area contributed by atoms with Gasteiger partial charge in [0.25, 0.3) is 0 Å². The summed E-state index contributed by atoms with van der Waals surface area (Å²) in [6, 6.07) is 6.20. The second-order valence-electron chi connectivity index (χ2n) is 11.2. The summed E-state index contributed by atoms with van der Waals surface area (Å²) in [6.07, 6.45) is 26.1. The molecule has 0 heterocycles. The van der Waals surface area contributed by atoms with E-state index in [0.717, 1.165) is 19.3 Å². The van der Waals surface area contributed by atoms with Crippen LogP contribution >= 0.6 is 0 Å². The molecule has 0 radical (unpaired) electrons. The van der Waals surface area contributed by atoms with Crippen LogP contribution in [-0.2, 0) is 19.6 Å². The smallest absolute Gasteiger partial charge is 0.748 e. The summed E-state index contributed by atoms with van der Waals surface area (Å²) in [7, 11) is -4.36. The van der Waals surface area contributed by atoms with E-state index >= 15 is 0 Å². The molecule has 0 bridgehead atoms. The van der Waals surface area contributed by atoms with E-state index in [0.29, 0.717) is 6.61 Å². The van der Waals surface area contributed by atoms with Crippen molar-refractivity contribution in [1.82, 2.24) is 0 Å². The molecule has 0 atom stereocenters. The molecule has 0 aliphatic carbocycles. The number of hydrogen-bond acceptors (Lipinski definition) is 7. The van der Waals surface area contributed by atoms with Gasteiger partial charge in [-0.1, -0.05) is 141 Å². The fourth-order valence-corrected chi connectivity index (χ4v) is 5.39. The van der Waals surface area contributed by atoms with Crippen molar-refractivity contribution in [2.75, 3.05) is 19.0 Å². The Morgan fingerprint density at radius 1 is 0.571 bits per heavy atom. The fraction of sp³-hybridized carbons (Fsp3) is 0.758. The minimum absolute atomic E-state index is 0. The molecule has 9 heteroatoms. The van der Waals surface area contributed by atoms with Crippen molar-refractivity contribution in [2.45, 2.75) is 142 Å². The summed E-state index contributed by atoms with van der Waals surface area (Å²) in [6.45, 7) is 2.35. The van der Waals surface area contributed by atoms with Gasteiger partial charge in [0.2, 0.25) is 0 Å². The first-order valence-electron chi connectivity index (χ1n) is 16.2. The Labute approximate surface area is 298 Å². The standard InChI is InChI=1S/C33H56O7S.K/c1-2-3-4-5-6-7-8-9-10-11-12-13-14-15-16-17-18-19-20-23-27-39-32(34)30-25-21-22-26-31(30)33(35)40-28-24-29-41(36,37)38;/h21-22,25-26H,2-20,23-24,27-29H2,1H3,(H,36,37,38);/q;+1/p-1. The molecule has 1 aromatic carbocycles. The van der Waals surface area contributed by atoms with Gasteiger partial charge in [0.15, 0.2) is 0 Å². The van der Waals surface area contributed by atoms with Gasteiger partial charge in [0.05, 0.1) is 34.5 Å². The van der Waals surface area contributed by atoms with Crippen LogP contribution in [-0.4, -0.2) is 43.9 Å². The van der Waals surface area contributed by atoms with Crippen LogP contribution in [0.5, 0.6) is 0 Å². The van der Waals surface area contributed by atoms with E-state index in [4.69, 9.17) is 9.47 Å². The van der Waals surface area contributed by atoms with Gasteiger partial charge in [-0.15, -0.1) is 0 Å². The maximum Gasteiger partial charge on any atom is 1.00 e. The number of rotatable bonds is 27. The number of carbonyl (C=O) groups excluding carboxylic acids is 2. The third kappa shape index (κ3) is 24.1. The van der Waals surface area contributed by atoms with E-state index < -0.39 is 27.8 Å². The van der Waals surface area contributed by atoms with Crippen molar-refractivity contribution < 1.29 is 83.4 Å². The van der Waals surface area contributed by atoms with Gasteiger partial charge in [0.1, 0.15) is 0 Å². The number of ether oxygens (including phenoxy) is 2. The zero-order valence-electron chi connectivity index (χ0n) is 26.5. The van der Waals surface area contributed by atoms with Crippen LogP contribution in [0.2, 0.25) is 0 Å². The topological polar surface area (TPSA) is 110 Å². The Morgan fingerprint density at radius 3 is 1.21 bits per heavy atom. The van der Waals surface area contributed by atoms with Crippen LogP contribution < -0.4 is 51.4 Å². The number of hydrogen-bond donors (Lipinski definition) is 0. The number of unbranched alkanes of at least 4 members (excludes halogenated alkanes) is 19. The molecule has 42 heavy (non-hydrogen) atoms. The van der Waals surface area contributed by atoms with E-state index in [1.807, 2.05) is 0 Å². The molecular formula is C33H55KO7S. The van der Waals surface area contributed by atoms with Crippen molar-refractivity contribution in [2.24, 2.45) is 0 Å². The molecular weight excluding hydrogens is 580 g/mol. The van der Waals surface area contributed by atoms with Crippen molar-refractivity contribution in [3.63, 3.8) is 0 Å². The number of carbonyl (C=O) groups is 2. The predicted molar refractivity (Wildman–Crippen MR) is 164 cm³/mol. The number of esters is 2. The molecule has 0 spiro atoms. The monoisotopic (exact) mass is 634 g/mol. The van der Waals surface area contributed by atoms with E-state index in [1.54, 1.807) is 12.1 Å². The molecule has 0 aliphatic rings. The van der Waals surface area contributed by atoms with Gasteiger partial charge in [-0.2, -0.15) is 0 Å². The summed E-state index contributed by atoms with van der Waals surface area (Å²) in [4.78, 5) is 24.8. The molecule has 0 saturated heterocycles. The third-order valence-electron chi connectivity index (χ3n) is 7.37. The maximum atomic E-state index is 12.5. The van der Waals surface area contributed by atoms with Crippen LogP contribution in [0.25, 0.3) is 0 Å². The quantitative estimate of drug-likeness (QED) is 0.0524. The average Bonchev–Trinajstić information content (AvgIpc) is 2.95. The molecule has 1 aromatic rings. The second kappa shape index (κ2) is 28.2. The Morgan fingerprint density at radius 2 is 0.881 bits per heavy atom. The summed E-state index contributed by atoms with van der Waals surface area (Å²) in [5, 5.41) is 0. The first kappa shape index (κ1) is 41.7. The molecule has 0 aromatic heterocycles. The van der Waals surface area contributed by atoms with Crippen LogP contribution in [0.4, 0.5) is 0 Å². The van der Waals surface area contributed by atoms with E-state index in [-0.39, 0.29) is 75.5 Å². The van der Waals surface area contributed by atoms with Gasteiger partial charge in [-0.05, 0) is 25.0 Å². The van der Waals surface area contributed by atoms with E-state index in [9.17, 15) is 22.6 Å².